The molecule has 0 radical (unpaired) electrons. The lowest BCUT2D eigenvalue weighted by molar-refractivity contribution is -0.386. The number of benzene rings is 4. The van der Waals surface area contributed by atoms with E-state index in [0.29, 0.717) is 0 Å². The van der Waals surface area contributed by atoms with Crippen LogP contribution in [0.15, 0.2) is 67.5 Å². The summed E-state index contributed by atoms with van der Waals surface area (Å²) in [6, 6.07) is 8.65. The van der Waals surface area contributed by atoms with Crippen molar-refractivity contribution in [2.75, 3.05) is 34.5 Å². The SMILES string of the molecule is COc1cc([C@@H](OCc2cn([C@H]3C[C@H](O)[C@@H](COP(=O)(O)OP(=O)(O)OP(=O)(O)O)O3)c(=O)[nH]c2=O)C(C)(C)C)c([N+](=O)[O-])cc1C#CCNC(=O)c1ccc(-c2c3cc(OC)c(=O)c(Cl)c-3oc3c(Cl)c(O)c(OC)cc23)c(C(=O)O)c1. The number of aromatic carboxylic acids is 1. The van der Waals surface area contributed by atoms with Gasteiger partial charge in [0.05, 0.1) is 80.5 Å². The molecule has 1 fully saturated rings. The van der Waals surface area contributed by atoms with Gasteiger partial charge in [-0.3, -0.25) is 38.6 Å². The number of methoxy groups -OCH3 is 3. The second-order valence-electron chi connectivity index (χ2n) is 18.8. The Balaban J connectivity index is 1.11. The molecule has 4 aromatic rings. The van der Waals surface area contributed by atoms with Crippen molar-refractivity contribution >= 4 is 75.2 Å². The number of hydrogen-bond donors (Lipinski definition) is 9. The lowest BCUT2D eigenvalue weighted by Crippen LogP contribution is -2.35. The number of nitrogens with zero attached hydrogens (tertiary/aromatic N) is 2. The van der Waals surface area contributed by atoms with Crippen LogP contribution in [0.3, 0.4) is 0 Å². The van der Waals surface area contributed by atoms with E-state index in [1.165, 1.54) is 51.7 Å². The van der Waals surface area contributed by atoms with Crippen molar-refractivity contribution in [1.29, 1.82) is 0 Å². The summed E-state index contributed by atoms with van der Waals surface area (Å²) in [5.74, 6) is 1.99. The number of carbonyl (C=O) groups excluding carboxylic acids is 1. The second kappa shape index (κ2) is 24.7. The zero-order chi connectivity index (χ0) is 61.4. The Kier molecular flexibility index (Phi) is 18.9. The molecule has 444 valence electrons. The molecule has 0 saturated carbocycles. The summed E-state index contributed by atoms with van der Waals surface area (Å²) in [4.78, 5) is 116. The number of phosphoric acid groups is 3. The van der Waals surface area contributed by atoms with E-state index < -0.39 is 135 Å². The van der Waals surface area contributed by atoms with Crippen LogP contribution in [0.1, 0.15) is 76.9 Å². The number of carboxylic acids is 1. The lowest BCUT2D eigenvalue weighted by atomic mass is 9.83. The number of hydrogen-bond acceptors (Lipinski definition) is 21. The Bertz CT molecular complexity index is 3980. The largest absolute Gasteiger partial charge is 0.503 e. The summed E-state index contributed by atoms with van der Waals surface area (Å²) in [6.07, 6.45) is -5.14. The number of aromatic hydroxyl groups is 1. The van der Waals surface area contributed by atoms with E-state index in [4.69, 9.17) is 61.1 Å². The Morgan fingerprint density at radius 1 is 0.940 bits per heavy atom. The molecule has 3 aliphatic rings. The first-order valence-electron chi connectivity index (χ1n) is 23.5. The number of halogens is 2. The smallest absolute Gasteiger partial charge is 0.490 e. The lowest BCUT2D eigenvalue weighted by Gasteiger charge is -2.31. The van der Waals surface area contributed by atoms with Crippen molar-refractivity contribution in [2.45, 2.75) is 58.3 Å². The number of rotatable bonds is 20. The number of nitrogens with one attached hydrogen (secondary N) is 2. The van der Waals surface area contributed by atoms with Crippen LogP contribution in [0.5, 0.6) is 23.0 Å². The molecule has 0 spiro atoms. The molecule has 7 rings (SSSR count). The standard InChI is InChI=1S/C48H47Cl2N4O26P3/c1-48(2,3)43(75-19-23-18-53(47(62)52-45(23)59)35-17-30(55)34(77-35)20-76-82(68,69)80-83(70,71)79-81(65,66)67)26-14-31(72-4)21(13-29(26)54(63)64)8-7-11-51-44(58)22-9-10-24(25(12-22)46(60)61)36-27-15-32(73-5)39(56)37(49)41(27)78-42-28(36)16-33(74-6)40(57)38(42)50/h9-10,12-16,18,30,34-35,43,55-56H,11,17,19-20H2,1-6H3,(H,51,58)(H,60,61)(H,68,69)(H,70,71)(H,52,59,62)(H2,65,66,67)/t30-,34+,35+,43+/m0/s1. The van der Waals surface area contributed by atoms with Gasteiger partial charge in [-0.2, -0.15) is 8.62 Å². The average molecular weight is 1260 g/mol. The van der Waals surface area contributed by atoms with Crippen molar-refractivity contribution in [3.8, 4) is 57.3 Å². The first-order valence-corrected chi connectivity index (χ1v) is 28.8. The van der Waals surface area contributed by atoms with Gasteiger partial charge in [-0.25, -0.2) is 23.3 Å². The zero-order valence-corrected chi connectivity index (χ0v) is 47.8. The topological polar surface area (TPSA) is 441 Å². The Morgan fingerprint density at radius 3 is 2.23 bits per heavy atom. The maximum absolute atomic E-state index is 13.6. The van der Waals surface area contributed by atoms with Gasteiger partial charge in [-0.1, -0.05) is 61.9 Å². The van der Waals surface area contributed by atoms with Gasteiger partial charge in [0.25, 0.3) is 17.2 Å². The summed E-state index contributed by atoms with van der Waals surface area (Å²) < 4.78 is 81.4. The highest BCUT2D eigenvalue weighted by atomic mass is 35.5. The molecular formula is C48H47Cl2N4O26P3. The third-order valence-corrected chi connectivity index (χ3v) is 16.7. The molecule has 6 atom stereocenters. The van der Waals surface area contributed by atoms with Gasteiger partial charge >= 0.3 is 35.1 Å². The van der Waals surface area contributed by atoms with E-state index in [1.54, 1.807) is 20.8 Å². The van der Waals surface area contributed by atoms with Crippen molar-refractivity contribution in [2.24, 2.45) is 5.41 Å². The number of aliphatic hydroxyl groups excluding tert-OH is 1. The van der Waals surface area contributed by atoms with E-state index in [-0.39, 0.29) is 77.9 Å². The van der Waals surface area contributed by atoms with Gasteiger partial charge in [0.15, 0.2) is 28.6 Å². The van der Waals surface area contributed by atoms with E-state index in [9.17, 15) is 72.9 Å². The maximum atomic E-state index is 13.6. The predicted octanol–water partition coefficient (Wildman–Crippen LogP) is 6.14. The third-order valence-electron chi connectivity index (χ3n) is 12.2. The summed E-state index contributed by atoms with van der Waals surface area (Å²) in [7, 11) is -13.5. The Morgan fingerprint density at radius 2 is 1.61 bits per heavy atom. The van der Waals surface area contributed by atoms with Crippen LogP contribution < -0.4 is 36.2 Å². The quantitative estimate of drug-likeness (QED) is 0.0136. The van der Waals surface area contributed by atoms with Gasteiger partial charge in [0.2, 0.25) is 5.43 Å². The van der Waals surface area contributed by atoms with Crippen LogP contribution in [0.25, 0.3) is 33.4 Å². The summed E-state index contributed by atoms with van der Waals surface area (Å²) in [6.45, 7) is 2.92. The van der Waals surface area contributed by atoms with E-state index >= 15 is 0 Å². The van der Waals surface area contributed by atoms with E-state index in [0.717, 1.165) is 22.9 Å². The second-order valence-corrected chi connectivity index (χ2v) is 24.0. The van der Waals surface area contributed by atoms with Crippen LogP contribution in [0, 0.1) is 27.4 Å². The van der Waals surface area contributed by atoms with E-state index in [1.807, 2.05) is 0 Å². The molecule has 1 amide bonds. The predicted molar refractivity (Wildman–Crippen MR) is 288 cm³/mol. The number of nitro groups is 1. The number of carbonyl (C=O) groups is 2. The van der Waals surface area contributed by atoms with Crippen LogP contribution >= 0.6 is 46.7 Å². The first-order chi connectivity index (χ1) is 38.7. The van der Waals surface area contributed by atoms with Crippen molar-refractivity contribution in [1.82, 2.24) is 14.9 Å². The molecule has 2 aliphatic heterocycles. The van der Waals surface area contributed by atoms with Crippen molar-refractivity contribution in [3.05, 3.63) is 128 Å². The van der Waals surface area contributed by atoms with Crippen LogP contribution in [-0.4, -0.2) is 108 Å². The normalized spacial score (nSPS) is 17.2. The molecule has 83 heavy (non-hydrogen) atoms. The molecule has 3 aromatic carbocycles. The number of fused-ring (bicyclic) bond motifs is 2. The number of phenols is 1. The number of phosphoric ester groups is 1. The van der Waals surface area contributed by atoms with Gasteiger partial charge in [-0.05, 0) is 41.3 Å². The number of amides is 1. The highest BCUT2D eigenvalue weighted by Crippen LogP contribution is 2.66. The van der Waals surface area contributed by atoms with Gasteiger partial charge in [-0.15, -0.1) is 0 Å². The minimum absolute atomic E-state index is 0.00283. The maximum Gasteiger partial charge on any atom is 0.490 e. The van der Waals surface area contributed by atoms with Crippen LogP contribution in [0.2, 0.25) is 10.0 Å². The molecule has 1 aliphatic carbocycles. The third kappa shape index (κ3) is 14.2. The molecule has 30 nitrogen and oxygen atoms in total. The Hall–Kier alpha value is -7.00. The van der Waals surface area contributed by atoms with Gasteiger partial charge in [0.1, 0.15) is 28.1 Å². The van der Waals surface area contributed by atoms with Crippen molar-refractivity contribution in [3.63, 3.8) is 0 Å². The van der Waals surface area contributed by atoms with Crippen LogP contribution in [-0.2, 0) is 42.9 Å². The fraction of sp³-hybridized carbons (Fsp3) is 0.312. The molecule has 2 unspecified atom stereocenters. The monoisotopic (exact) mass is 1260 g/mol. The highest BCUT2D eigenvalue weighted by molar-refractivity contribution is 7.66. The van der Waals surface area contributed by atoms with Gasteiger partial charge in [0, 0.05) is 40.8 Å². The van der Waals surface area contributed by atoms with Crippen molar-refractivity contribution < 1.29 is 104 Å². The molecule has 1 saturated heterocycles. The number of phenolic OH excluding ortho intramolecular Hbond substituents is 1. The fourth-order valence-electron chi connectivity index (χ4n) is 8.60. The number of aromatic nitrogens is 2. The summed E-state index contributed by atoms with van der Waals surface area (Å²) in [5.41, 5.74) is -5.23. The summed E-state index contributed by atoms with van der Waals surface area (Å²) in [5, 5.41) is 46.5. The summed E-state index contributed by atoms with van der Waals surface area (Å²) >= 11 is 13.0. The minimum atomic E-state index is -5.87. The van der Waals surface area contributed by atoms with E-state index in [2.05, 4.69) is 35.3 Å². The number of aliphatic hydroxyl groups is 1. The molecule has 35 heteroatoms. The fourth-order valence-corrected chi connectivity index (χ4v) is 12.1. The Labute approximate surface area is 475 Å². The zero-order valence-electron chi connectivity index (χ0n) is 43.6. The number of ether oxygens (including phenoxy) is 5. The number of H-pyrrole nitrogens is 1. The number of aromatic amines is 1. The molecule has 9 N–H and O–H groups in total. The molecule has 3 heterocycles. The first kappa shape index (κ1) is 63.6. The number of nitro benzene ring substituents is 1. The van der Waals surface area contributed by atoms with Crippen LogP contribution in [0.4, 0.5) is 5.69 Å². The molecular weight excluding hydrogens is 1210 g/mol. The number of carboxylic acid groups (broad SMARTS) is 1. The molecule has 0 bridgehead atoms. The minimum Gasteiger partial charge on any atom is -0.503 e. The average Bonchev–Trinajstić information content (AvgIpc) is 2.77. The highest BCUT2D eigenvalue weighted by Gasteiger charge is 2.43. The van der Waals surface area contributed by atoms with Gasteiger partial charge < -0.3 is 68.3 Å². The molecule has 1 aromatic heterocycles.